The molecule has 0 saturated heterocycles. The normalized spacial score (nSPS) is 10.0. The Labute approximate surface area is 110 Å². The Balaban J connectivity index is 2.53. The monoisotopic (exact) mass is 259 g/mol. The van der Waals surface area contributed by atoms with Gasteiger partial charge in [0.1, 0.15) is 11.5 Å². The van der Waals surface area contributed by atoms with Crippen molar-refractivity contribution in [1.29, 1.82) is 0 Å². The van der Waals surface area contributed by atoms with Crippen LogP contribution >= 0.6 is 0 Å². The largest absolute Gasteiger partial charge is 0.497 e. The Morgan fingerprint density at radius 1 is 1.11 bits per heavy atom. The predicted octanol–water partition coefficient (Wildman–Crippen LogP) is 2.46. The van der Waals surface area contributed by atoms with E-state index in [0.717, 1.165) is 5.56 Å². The van der Waals surface area contributed by atoms with Crippen molar-refractivity contribution >= 4 is 5.97 Å². The topological polar surface area (TPSA) is 68.7 Å². The molecule has 0 bridgehead atoms. The van der Waals surface area contributed by atoms with Gasteiger partial charge in [-0.2, -0.15) is 0 Å². The van der Waals surface area contributed by atoms with Gasteiger partial charge in [0, 0.05) is 17.7 Å². The summed E-state index contributed by atoms with van der Waals surface area (Å²) in [5.41, 5.74) is 1.23. The molecular weight excluding hydrogens is 246 g/mol. The van der Waals surface area contributed by atoms with E-state index in [-0.39, 0.29) is 5.69 Å². The summed E-state index contributed by atoms with van der Waals surface area (Å²) in [4.78, 5) is 15.1. The van der Waals surface area contributed by atoms with Crippen molar-refractivity contribution in [2.24, 2.45) is 0 Å². The number of rotatable bonds is 4. The highest BCUT2D eigenvalue weighted by Crippen LogP contribution is 2.26. The van der Waals surface area contributed by atoms with Gasteiger partial charge in [0.25, 0.3) is 0 Å². The second-order valence-corrected chi connectivity index (χ2v) is 3.81. The van der Waals surface area contributed by atoms with Gasteiger partial charge in [-0.25, -0.2) is 9.78 Å². The predicted molar refractivity (Wildman–Crippen MR) is 69.7 cm³/mol. The van der Waals surface area contributed by atoms with E-state index < -0.39 is 5.97 Å². The Hall–Kier alpha value is -2.56. The quantitative estimate of drug-likeness (QED) is 0.913. The molecule has 1 N–H and O–H groups in total. The van der Waals surface area contributed by atoms with Crippen molar-refractivity contribution in [3.8, 4) is 22.8 Å². The molecule has 0 aliphatic heterocycles. The minimum absolute atomic E-state index is 0.0582. The number of ether oxygens (including phenoxy) is 2. The van der Waals surface area contributed by atoms with Crippen LogP contribution in [0.4, 0.5) is 0 Å². The lowest BCUT2D eigenvalue weighted by atomic mass is 10.1. The van der Waals surface area contributed by atoms with Crippen LogP contribution in [0.25, 0.3) is 11.3 Å². The fraction of sp³-hybridized carbons (Fsp3) is 0.143. The van der Waals surface area contributed by atoms with Crippen LogP contribution in [-0.4, -0.2) is 30.3 Å². The average Bonchev–Trinajstić information content (AvgIpc) is 2.46. The average molecular weight is 259 g/mol. The second kappa shape index (κ2) is 5.39. The number of carbonyl (C=O) groups is 1. The van der Waals surface area contributed by atoms with Crippen LogP contribution < -0.4 is 9.47 Å². The summed E-state index contributed by atoms with van der Waals surface area (Å²) in [7, 11) is 3.05. The maximum Gasteiger partial charge on any atom is 0.354 e. The summed E-state index contributed by atoms with van der Waals surface area (Å²) < 4.78 is 10.2. The number of methoxy groups -OCH3 is 2. The summed E-state index contributed by atoms with van der Waals surface area (Å²) in [5.74, 6) is 0.0345. The van der Waals surface area contributed by atoms with Gasteiger partial charge in [0.15, 0.2) is 5.69 Å². The molecular formula is C14H13NO4. The smallest absolute Gasteiger partial charge is 0.354 e. The fourth-order valence-corrected chi connectivity index (χ4v) is 1.66. The molecule has 0 saturated carbocycles. The van der Waals surface area contributed by atoms with Gasteiger partial charge in [-0.15, -0.1) is 0 Å². The van der Waals surface area contributed by atoms with Gasteiger partial charge in [0.2, 0.25) is 0 Å². The van der Waals surface area contributed by atoms with Gasteiger partial charge < -0.3 is 14.6 Å². The first-order chi connectivity index (χ1) is 9.13. The highest BCUT2D eigenvalue weighted by molar-refractivity contribution is 5.86. The summed E-state index contributed by atoms with van der Waals surface area (Å²) in [6.45, 7) is 0. The van der Waals surface area contributed by atoms with E-state index in [9.17, 15) is 4.79 Å². The lowest BCUT2D eigenvalue weighted by Gasteiger charge is -2.07. The molecule has 0 amide bonds. The zero-order valence-electron chi connectivity index (χ0n) is 10.6. The number of benzene rings is 1. The number of aromatic carboxylic acids is 1. The van der Waals surface area contributed by atoms with Gasteiger partial charge in [-0.1, -0.05) is 12.1 Å². The van der Waals surface area contributed by atoms with Crippen LogP contribution in [0.5, 0.6) is 11.5 Å². The molecule has 0 fully saturated rings. The molecule has 2 aromatic rings. The Bertz CT molecular complexity index is 610. The molecule has 2 rings (SSSR count). The molecule has 0 atom stereocenters. The second-order valence-electron chi connectivity index (χ2n) is 3.81. The van der Waals surface area contributed by atoms with Crippen LogP contribution in [0.2, 0.25) is 0 Å². The molecule has 0 aliphatic rings. The van der Waals surface area contributed by atoms with E-state index in [1.807, 2.05) is 18.2 Å². The van der Waals surface area contributed by atoms with Crippen molar-refractivity contribution in [2.75, 3.05) is 14.2 Å². The van der Waals surface area contributed by atoms with Crippen molar-refractivity contribution < 1.29 is 19.4 Å². The number of nitrogens with zero attached hydrogens (tertiary/aromatic N) is 1. The lowest BCUT2D eigenvalue weighted by Crippen LogP contribution is -2.02. The first-order valence-corrected chi connectivity index (χ1v) is 5.58. The third kappa shape index (κ3) is 2.82. The molecule has 1 aromatic carbocycles. The lowest BCUT2D eigenvalue weighted by molar-refractivity contribution is 0.0690. The number of carboxylic acids is 1. The molecule has 1 heterocycles. The maximum absolute atomic E-state index is 11.0. The van der Waals surface area contributed by atoms with E-state index in [1.54, 1.807) is 19.2 Å². The molecule has 5 nitrogen and oxygen atoms in total. The summed E-state index contributed by atoms with van der Waals surface area (Å²) in [6, 6.07) is 10.3. The Morgan fingerprint density at radius 2 is 1.84 bits per heavy atom. The van der Waals surface area contributed by atoms with Crippen LogP contribution in [0.1, 0.15) is 10.5 Å². The highest BCUT2D eigenvalue weighted by Gasteiger charge is 2.11. The van der Waals surface area contributed by atoms with Gasteiger partial charge >= 0.3 is 5.97 Å². The first-order valence-electron chi connectivity index (χ1n) is 5.58. The summed E-state index contributed by atoms with van der Waals surface area (Å²) >= 11 is 0. The number of aromatic nitrogens is 1. The van der Waals surface area contributed by atoms with Crippen molar-refractivity contribution in [3.63, 3.8) is 0 Å². The molecule has 98 valence electrons. The Kier molecular flexibility index (Phi) is 3.66. The van der Waals surface area contributed by atoms with Crippen LogP contribution in [-0.2, 0) is 0 Å². The first kappa shape index (κ1) is 12.9. The maximum atomic E-state index is 11.0. The third-order valence-corrected chi connectivity index (χ3v) is 2.62. The van der Waals surface area contributed by atoms with Gasteiger partial charge in [0.05, 0.1) is 19.9 Å². The van der Waals surface area contributed by atoms with Crippen LogP contribution in [0.15, 0.2) is 36.4 Å². The number of carboxylic acid groups (broad SMARTS) is 1. The number of hydrogen-bond acceptors (Lipinski definition) is 4. The molecule has 19 heavy (non-hydrogen) atoms. The molecule has 0 radical (unpaired) electrons. The van der Waals surface area contributed by atoms with E-state index in [4.69, 9.17) is 14.6 Å². The van der Waals surface area contributed by atoms with E-state index in [2.05, 4.69) is 4.98 Å². The van der Waals surface area contributed by atoms with E-state index >= 15 is 0 Å². The summed E-state index contributed by atoms with van der Waals surface area (Å²) in [5, 5.41) is 9.03. The van der Waals surface area contributed by atoms with Crippen molar-refractivity contribution in [1.82, 2.24) is 4.98 Å². The third-order valence-electron chi connectivity index (χ3n) is 2.62. The Morgan fingerprint density at radius 3 is 2.47 bits per heavy atom. The van der Waals surface area contributed by atoms with E-state index in [0.29, 0.717) is 17.2 Å². The number of pyridine rings is 1. The van der Waals surface area contributed by atoms with Crippen LogP contribution in [0.3, 0.4) is 0 Å². The number of hydrogen-bond donors (Lipinski definition) is 1. The molecule has 5 heteroatoms. The van der Waals surface area contributed by atoms with Gasteiger partial charge in [-0.05, 0) is 12.1 Å². The van der Waals surface area contributed by atoms with Crippen molar-refractivity contribution in [3.05, 3.63) is 42.1 Å². The molecule has 1 aromatic heterocycles. The van der Waals surface area contributed by atoms with Gasteiger partial charge in [-0.3, -0.25) is 0 Å². The minimum atomic E-state index is -1.09. The minimum Gasteiger partial charge on any atom is -0.497 e. The molecule has 0 aliphatic carbocycles. The summed E-state index contributed by atoms with van der Waals surface area (Å²) in [6.07, 6.45) is 0. The standard InChI is InChI=1S/C14H13NO4/c1-18-10-5-3-4-9(6-10)12-7-11(19-2)8-13(15-12)14(16)17/h3-8H,1-2H3,(H,16,17). The van der Waals surface area contributed by atoms with Crippen molar-refractivity contribution in [2.45, 2.75) is 0 Å². The zero-order valence-corrected chi connectivity index (χ0v) is 10.6. The van der Waals surface area contributed by atoms with E-state index in [1.165, 1.54) is 13.2 Å². The SMILES string of the molecule is COc1cccc(-c2cc(OC)cc(C(=O)O)n2)c1. The van der Waals surface area contributed by atoms with Crippen LogP contribution in [0, 0.1) is 0 Å². The molecule has 0 unspecified atom stereocenters. The fourth-order valence-electron chi connectivity index (χ4n) is 1.66. The zero-order chi connectivity index (χ0) is 13.8. The highest BCUT2D eigenvalue weighted by atomic mass is 16.5. The molecule has 0 spiro atoms.